The Balaban J connectivity index is 2.00. The van der Waals surface area contributed by atoms with Crippen molar-refractivity contribution in [1.82, 2.24) is 9.88 Å². The minimum atomic E-state index is -0.949. The van der Waals surface area contributed by atoms with Crippen LogP contribution >= 0.6 is 0 Å². The normalized spacial score (nSPS) is 20.4. The maximum atomic E-state index is 10.8. The molecule has 0 amide bonds. The van der Waals surface area contributed by atoms with Gasteiger partial charge in [0.05, 0.1) is 11.3 Å². The molecule has 0 bridgehead atoms. The van der Waals surface area contributed by atoms with E-state index >= 15 is 0 Å². The van der Waals surface area contributed by atoms with Crippen LogP contribution in [0.2, 0.25) is 0 Å². The maximum absolute atomic E-state index is 10.8. The molecule has 0 aromatic carbocycles. The third kappa shape index (κ3) is 3.75. The zero-order chi connectivity index (χ0) is 13.7. The van der Waals surface area contributed by atoms with Crippen LogP contribution in [0.1, 0.15) is 41.7 Å². The fourth-order valence-electron chi connectivity index (χ4n) is 2.60. The molecule has 19 heavy (non-hydrogen) atoms. The summed E-state index contributed by atoms with van der Waals surface area (Å²) in [6.07, 6.45) is 5.71. The van der Waals surface area contributed by atoms with E-state index in [1.54, 1.807) is 12.1 Å². The Morgan fingerprint density at radius 2 is 2.26 bits per heavy atom. The number of carboxylic acid groups (broad SMARTS) is 1. The van der Waals surface area contributed by atoms with Gasteiger partial charge in [-0.25, -0.2) is 4.79 Å². The summed E-state index contributed by atoms with van der Waals surface area (Å²) < 4.78 is 0. The fraction of sp³-hybridized carbons (Fsp3) is 0.571. The van der Waals surface area contributed by atoms with E-state index in [1.807, 2.05) is 0 Å². The Morgan fingerprint density at radius 1 is 1.42 bits per heavy atom. The Morgan fingerprint density at radius 3 is 2.89 bits per heavy atom. The summed E-state index contributed by atoms with van der Waals surface area (Å²) in [6.45, 7) is 1.96. The Hall–Kier alpha value is -1.46. The van der Waals surface area contributed by atoms with Crippen LogP contribution in [0.25, 0.3) is 0 Å². The zero-order valence-corrected chi connectivity index (χ0v) is 11.0. The molecule has 0 spiro atoms. The number of pyridine rings is 1. The molecule has 5 nitrogen and oxygen atoms in total. The monoisotopic (exact) mass is 264 g/mol. The summed E-state index contributed by atoms with van der Waals surface area (Å²) in [5.74, 6) is -0.949. The van der Waals surface area contributed by atoms with Crippen molar-refractivity contribution in [2.45, 2.75) is 38.3 Å². The van der Waals surface area contributed by atoms with Gasteiger partial charge in [0, 0.05) is 25.4 Å². The van der Waals surface area contributed by atoms with Gasteiger partial charge in [0.1, 0.15) is 0 Å². The summed E-state index contributed by atoms with van der Waals surface area (Å²) in [5, 5.41) is 17.9. The zero-order valence-electron chi connectivity index (χ0n) is 11.0. The highest BCUT2D eigenvalue weighted by atomic mass is 16.4. The van der Waals surface area contributed by atoms with Crippen LogP contribution in [-0.4, -0.2) is 45.3 Å². The van der Waals surface area contributed by atoms with E-state index in [9.17, 15) is 4.79 Å². The van der Waals surface area contributed by atoms with Gasteiger partial charge in [0.15, 0.2) is 0 Å². The molecule has 1 fully saturated rings. The number of aliphatic hydroxyl groups is 1. The molecule has 104 valence electrons. The average molecular weight is 264 g/mol. The van der Waals surface area contributed by atoms with Gasteiger partial charge in [-0.05, 0) is 37.9 Å². The molecule has 1 unspecified atom stereocenters. The number of hydrogen-bond acceptors (Lipinski definition) is 4. The number of aliphatic hydroxyl groups excluding tert-OH is 1. The minimum absolute atomic E-state index is 0.215. The van der Waals surface area contributed by atoms with Crippen molar-refractivity contribution in [3.63, 3.8) is 0 Å². The Labute approximate surface area is 112 Å². The maximum Gasteiger partial charge on any atom is 0.337 e. The molecule has 1 aliphatic rings. The lowest BCUT2D eigenvalue weighted by Gasteiger charge is -2.35. The van der Waals surface area contributed by atoms with Crippen LogP contribution in [0, 0.1) is 0 Å². The number of hydrogen-bond donors (Lipinski definition) is 2. The molecule has 1 aromatic heterocycles. The molecular formula is C14H20N2O3. The van der Waals surface area contributed by atoms with Crippen molar-refractivity contribution in [2.24, 2.45) is 0 Å². The van der Waals surface area contributed by atoms with Crippen LogP contribution in [0.15, 0.2) is 18.3 Å². The van der Waals surface area contributed by atoms with Gasteiger partial charge >= 0.3 is 5.97 Å². The van der Waals surface area contributed by atoms with E-state index in [1.165, 1.54) is 19.0 Å². The summed E-state index contributed by atoms with van der Waals surface area (Å²) in [5.41, 5.74) is 1.10. The Bertz CT molecular complexity index is 417. The van der Waals surface area contributed by atoms with E-state index in [-0.39, 0.29) is 12.2 Å². The highest BCUT2D eigenvalue weighted by molar-refractivity contribution is 5.87. The molecule has 1 atom stereocenters. The largest absolute Gasteiger partial charge is 0.478 e. The number of carboxylic acids is 1. The second kappa shape index (κ2) is 6.63. The smallest absolute Gasteiger partial charge is 0.337 e. The van der Waals surface area contributed by atoms with E-state index in [4.69, 9.17) is 10.2 Å². The molecule has 1 aliphatic heterocycles. The molecule has 2 heterocycles. The van der Waals surface area contributed by atoms with Crippen LogP contribution < -0.4 is 0 Å². The van der Waals surface area contributed by atoms with Crippen LogP contribution in [0.3, 0.4) is 0 Å². The number of likely N-dealkylation sites (tertiary alicyclic amines) is 1. The summed E-state index contributed by atoms with van der Waals surface area (Å²) in [4.78, 5) is 17.3. The van der Waals surface area contributed by atoms with Gasteiger partial charge in [-0.15, -0.1) is 0 Å². The minimum Gasteiger partial charge on any atom is -0.478 e. The lowest BCUT2D eigenvalue weighted by molar-refractivity contribution is 0.0696. The lowest BCUT2D eigenvalue weighted by atomic mass is 9.99. The predicted molar refractivity (Wildman–Crippen MR) is 70.9 cm³/mol. The molecule has 2 N–H and O–H groups in total. The average Bonchev–Trinajstić information content (AvgIpc) is 2.42. The summed E-state index contributed by atoms with van der Waals surface area (Å²) in [6, 6.07) is 3.78. The third-order valence-corrected chi connectivity index (χ3v) is 3.65. The topological polar surface area (TPSA) is 73.7 Å². The van der Waals surface area contributed by atoms with Crippen molar-refractivity contribution >= 4 is 5.97 Å². The second-order valence-corrected chi connectivity index (χ2v) is 4.98. The molecule has 2 rings (SSSR count). The Kier molecular flexibility index (Phi) is 4.87. The van der Waals surface area contributed by atoms with Gasteiger partial charge in [0.2, 0.25) is 0 Å². The first kappa shape index (κ1) is 14.0. The van der Waals surface area contributed by atoms with Crippen molar-refractivity contribution in [2.75, 3.05) is 13.2 Å². The molecule has 1 saturated heterocycles. The van der Waals surface area contributed by atoms with Crippen LogP contribution in [0.4, 0.5) is 0 Å². The van der Waals surface area contributed by atoms with Gasteiger partial charge in [-0.3, -0.25) is 9.88 Å². The van der Waals surface area contributed by atoms with Crippen molar-refractivity contribution < 1.29 is 15.0 Å². The standard InChI is InChI=1S/C14H20N2O3/c17-8-6-13-3-1-2-7-16(13)10-12-5-4-11(9-15-12)14(18)19/h4-5,9,13,17H,1-3,6-8,10H2,(H,18,19). The number of aromatic nitrogens is 1. The molecule has 0 aliphatic carbocycles. The number of piperidine rings is 1. The molecule has 5 heteroatoms. The summed E-state index contributed by atoms with van der Waals surface area (Å²) in [7, 11) is 0. The summed E-state index contributed by atoms with van der Waals surface area (Å²) >= 11 is 0. The third-order valence-electron chi connectivity index (χ3n) is 3.65. The first-order valence-corrected chi connectivity index (χ1v) is 6.74. The highest BCUT2D eigenvalue weighted by Gasteiger charge is 2.22. The highest BCUT2D eigenvalue weighted by Crippen LogP contribution is 2.21. The first-order valence-electron chi connectivity index (χ1n) is 6.74. The van der Waals surface area contributed by atoms with Gasteiger partial charge < -0.3 is 10.2 Å². The first-order chi connectivity index (χ1) is 9.20. The van der Waals surface area contributed by atoms with E-state index in [2.05, 4.69) is 9.88 Å². The van der Waals surface area contributed by atoms with Crippen molar-refractivity contribution in [3.05, 3.63) is 29.6 Å². The van der Waals surface area contributed by atoms with Crippen molar-refractivity contribution in [3.8, 4) is 0 Å². The lowest BCUT2D eigenvalue weighted by Crippen LogP contribution is -2.39. The van der Waals surface area contributed by atoms with Crippen LogP contribution in [0.5, 0.6) is 0 Å². The van der Waals surface area contributed by atoms with E-state index in [0.717, 1.165) is 31.6 Å². The van der Waals surface area contributed by atoms with Crippen LogP contribution in [-0.2, 0) is 6.54 Å². The number of aromatic carboxylic acids is 1. The molecule has 0 saturated carbocycles. The quantitative estimate of drug-likeness (QED) is 0.843. The number of nitrogens with zero attached hydrogens (tertiary/aromatic N) is 2. The van der Waals surface area contributed by atoms with Gasteiger partial charge in [0.25, 0.3) is 0 Å². The molecule has 1 aromatic rings. The number of carbonyl (C=O) groups is 1. The van der Waals surface area contributed by atoms with E-state index < -0.39 is 5.97 Å². The molecular weight excluding hydrogens is 244 g/mol. The van der Waals surface area contributed by atoms with Gasteiger partial charge in [-0.2, -0.15) is 0 Å². The fourth-order valence-corrected chi connectivity index (χ4v) is 2.60. The van der Waals surface area contributed by atoms with Crippen molar-refractivity contribution in [1.29, 1.82) is 0 Å². The van der Waals surface area contributed by atoms with E-state index in [0.29, 0.717) is 6.04 Å². The SMILES string of the molecule is O=C(O)c1ccc(CN2CCCCC2CCO)nc1. The van der Waals surface area contributed by atoms with Gasteiger partial charge in [-0.1, -0.05) is 6.42 Å². The number of rotatable bonds is 5. The predicted octanol–water partition coefficient (Wildman–Crippen LogP) is 1.52. The molecule has 0 radical (unpaired) electrons. The second-order valence-electron chi connectivity index (χ2n) is 4.98.